The van der Waals surface area contributed by atoms with Crippen LogP contribution in [0.2, 0.25) is 0 Å². The summed E-state index contributed by atoms with van der Waals surface area (Å²) in [5.41, 5.74) is 0.639. The number of hydrogen-bond acceptors (Lipinski definition) is 4. The van der Waals surface area contributed by atoms with Gasteiger partial charge in [-0.05, 0) is 39.3 Å². The summed E-state index contributed by atoms with van der Waals surface area (Å²) in [6.07, 6.45) is 2.58. The number of aromatic nitrogens is 1. The van der Waals surface area contributed by atoms with Crippen LogP contribution in [0.5, 0.6) is 0 Å². The van der Waals surface area contributed by atoms with E-state index < -0.39 is 5.60 Å². The number of nitrogens with zero attached hydrogens (tertiary/aromatic N) is 3. The van der Waals surface area contributed by atoms with Crippen molar-refractivity contribution in [3.8, 4) is 0 Å². The van der Waals surface area contributed by atoms with Crippen LogP contribution >= 0.6 is 0 Å². The average Bonchev–Trinajstić information content (AvgIpc) is 2.64. The minimum absolute atomic E-state index is 0.206. The zero-order valence-corrected chi connectivity index (χ0v) is 13.2. The molecular weight excluding hydrogens is 266 g/mol. The maximum atomic E-state index is 12.1. The van der Waals surface area contributed by atoms with Gasteiger partial charge in [0.1, 0.15) is 5.60 Å². The number of rotatable bonds is 2. The Hall–Kier alpha value is -1.62. The van der Waals surface area contributed by atoms with E-state index in [1.165, 1.54) is 0 Å². The van der Waals surface area contributed by atoms with Gasteiger partial charge >= 0.3 is 6.09 Å². The first-order chi connectivity index (χ1) is 9.94. The van der Waals surface area contributed by atoms with E-state index in [1.54, 1.807) is 0 Å². The third kappa shape index (κ3) is 5.34. The van der Waals surface area contributed by atoms with Crippen molar-refractivity contribution in [2.45, 2.75) is 39.3 Å². The van der Waals surface area contributed by atoms with Crippen LogP contribution in [0.25, 0.3) is 0 Å². The highest BCUT2D eigenvalue weighted by Crippen LogP contribution is 2.13. The maximum absolute atomic E-state index is 12.1. The third-order valence-electron chi connectivity index (χ3n) is 3.35. The molecule has 0 spiro atoms. The highest BCUT2D eigenvalue weighted by Gasteiger charge is 2.24. The second-order valence-corrected chi connectivity index (χ2v) is 6.42. The molecule has 5 heteroatoms. The van der Waals surface area contributed by atoms with Gasteiger partial charge in [0.15, 0.2) is 0 Å². The molecule has 116 valence electrons. The number of carbonyl (C=O) groups excluding carboxylic acids is 1. The van der Waals surface area contributed by atoms with E-state index in [2.05, 4.69) is 9.88 Å². The first-order valence-corrected chi connectivity index (χ1v) is 7.54. The largest absolute Gasteiger partial charge is 0.444 e. The van der Waals surface area contributed by atoms with Gasteiger partial charge in [0, 0.05) is 38.9 Å². The summed E-state index contributed by atoms with van der Waals surface area (Å²) < 4.78 is 5.44. The van der Waals surface area contributed by atoms with Crippen LogP contribution in [0, 0.1) is 0 Å². The van der Waals surface area contributed by atoms with Gasteiger partial charge in [-0.25, -0.2) is 4.79 Å². The van der Waals surface area contributed by atoms with E-state index in [4.69, 9.17) is 4.74 Å². The molecule has 0 radical (unpaired) electrons. The molecule has 1 aliphatic rings. The molecule has 1 aromatic heterocycles. The van der Waals surface area contributed by atoms with Gasteiger partial charge in [0.25, 0.3) is 0 Å². The van der Waals surface area contributed by atoms with Crippen molar-refractivity contribution < 1.29 is 9.53 Å². The van der Waals surface area contributed by atoms with Gasteiger partial charge in [-0.15, -0.1) is 0 Å². The minimum atomic E-state index is -0.433. The van der Waals surface area contributed by atoms with Gasteiger partial charge in [-0.2, -0.15) is 0 Å². The zero-order chi connectivity index (χ0) is 15.3. The predicted octanol–water partition coefficient (Wildman–Crippen LogP) is 2.52. The molecule has 0 atom stereocenters. The first-order valence-electron chi connectivity index (χ1n) is 7.54. The first kappa shape index (κ1) is 15.8. The van der Waals surface area contributed by atoms with Crippen molar-refractivity contribution in [1.82, 2.24) is 14.8 Å². The molecule has 0 unspecified atom stereocenters. The molecule has 0 saturated carbocycles. The Morgan fingerprint density at radius 3 is 2.71 bits per heavy atom. The third-order valence-corrected chi connectivity index (χ3v) is 3.35. The van der Waals surface area contributed by atoms with Crippen LogP contribution in [0.3, 0.4) is 0 Å². The van der Waals surface area contributed by atoms with Crippen molar-refractivity contribution in [2.75, 3.05) is 26.2 Å². The van der Waals surface area contributed by atoms with E-state index in [0.29, 0.717) is 6.54 Å². The van der Waals surface area contributed by atoms with Crippen molar-refractivity contribution in [2.24, 2.45) is 0 Å². The van der Waals surface area contributed by atoms with Crippen molar-refractivity contribution in [3.63, 3.8) is 0 Å². The summed E-state index contributed by atoms with van der Waals surface area (Å²) in [7, 11) is 0. The summed E-state index contributed by atoms with van der Waals surface area (Å²) in [4.78, 5) is 20.6. The maximum Gasteiger partial charge on any atom is 0.410 e. The summed E-state index contributed by atoms with van der Waals surface area (Å²) in [5.74, 6) is 0. The van der Waals surface area contributed by atoms with Crippen LogP contribution in [0.1, 0.15) is 32.9 Å². The highest BCUT2D eigenvalue weighted by atomic mass is 16.6. The molecule has 2 heterocycles. The zero-order valence-electron chi connectivity index (χ0n) is 13.2. The van der Waals surface area contributed by atoms with Crippen molar-refractivity contribution in [3.05, 3.63) is 30.1 Å². The Morgan fingerprint density at radius 2 is 2.05 bits per heavy atom. The molecule has 1 aliphatic heterocycles. The van der Waals surface area contributed by atoms with Crippen LogP contribution in [0.15, 0.2) is 24.4 Å². The quantitative estimate of drug-likeness (QED) is 0.840. The van der Waals surface area contributed by atoms with Gasteiger partial charge in [-0.1, -0.05) is 6.07 Å². The second kappa shape index (κ2) is 6.89. The monoisotopic (exact) mass is 291 g/mol. The Balaban J connectivity index is 1.86. The molecule has 1 aromatic rings. The molecule has 1 amide bonds. The SMILES string of the molecule is CC(C)(C)OC(=O)N1CCCN(Cc2ccccn2)CC1. The standard InChI is InChI=1S/C16H25N3O2/c1-16(2,3)21-15(20)19-10-6-9-18(11-12-19)13-14-7-4-5-8-17-14/h4-5,7-8H,6,9-13H2,1-3H3. The number of amides is 1. The molecule has 21 heavy (non-hydrogen) atoms. The van der Waals surface area contributed by atoms with E-state index in [9.17, 15) is 4.79 Å². The number of pyridine rings is 1. The van der Waals surface area contributed by atoms with E-state index in [1.807, 2.05) is 50.1 Å². The molecule has 5 nitrogen and oxygen atoms in total. The fraction of sp³-hybridized carbons (Fsp3) is 0.625. The van der Waals surface area contributed by atoms with Gasteiger partial charge in [0.05, 0.1) is 5.69 Å². The van der Waals surface area contributed by atoms with Gasteiger partial charge in [0.2, 0.25) is 0 Å². The van der Waals surface area contributed by atoms with E-state index in [-0.39, 0.29) is 6.09 Å². The van der Waals surface area contributed by atoms with Crippen molar-refractivity contribution in [1.29, 1.82) is 0 Å². The normalized spacial score (nSPS) is 17.4. The summed E-state index contributed by atoms with van der Waals surface area (Å²) in [6.45, 7) is 9.84. The average molecular weight is 291 g/mol. The highest BCUT2D eigenvalue weighted by molar-refractivity contribution is 5.68. The molecule has 2 rings (SSSR count). The predicted molar refractivity (Wildman–Crippen MR) is 81.9 cm³/mol. The number of ether oxygens (including phenoxy) is 1. The topological polar surface area (TPSA) is 45.7 Å². The summed E-state index contributed by atoms with van der Waals surface area (Å²) in [5, 5.41) is 0. The van der Waals surface area contributed by atoms with Crippen molar-refractivity contribution >= 4 is 6.09 Å². The Labute approximate surface area is 126 Å². The second-order valence-electron chi connectivity index (χ2n) is 6.42. The lowest BCUT2D eigenvalue weighted by molar-refractivity contribution is 0.0257. The Morgan fingerprint density at radius 1 is 1.24 bits per heavy atom. The lowest BCUT2D eigenvalue weighted by Crippen LogP contribution is -2.39. The smallest absolute Gasteiger partial charge is 0.410 e. The summed E-state index contributed by atoms with van der Waals surface area (Å²) in [6, 6.07) is 5.97. The molecule has 0 N–H and O–H groups in total. The molecule has 1 saturated heterocycles. The number of hydrogen-bond donors (Lipinski definition) is 0. The molecular formula is C16H25N3O2. The lowest BCUT2D eigenvalue weighted by atomic mass is 10.2. The minimum Gasteiger partial charge on any atom is -0.444 e. The lowest BCUT2D eigenvalue weighted by Gasteiger charge is -2.26. The molecule has 0 aliphatic carbocycles. The van der Waals surface area contributed by atoms with Gasteiger partial charge in [-0.3, -0.25) is 9.88 Å². The fourth-order valence-corrected chi connectivity index (χ4v) is 2.36. The molecule has 0 bridgehead atoms. The van der Waals surface area contributed by atoms with Gasteiger partial charge < -0.3 is 9.64 Å². The molecule has 0 aromatic carbocycles. The van der Waals surface area contributed by atoms with Crippen LogP contribution in [0.4, 0.5) is 4.79 Å². The van der Waals surface area contributed by atoms with Crippen LogP contribution in [-0.2, 0) is 11.3 Å². The Bertz CT molecular complexity index is 456. The van der Waals surface area contributed by atoms with E-state index >= 15 is 0 Å². The summed E-state index contributed by atoms with van der Waals surface area (Å²) >= 11 is 0. The van der Waals surface area contributed by atoms with Crippen LogP contribution in [-0.4, -0.2) is 52.7 Å². The fourth-order valence-electron chi connectivity index (χ4n) is 2.36. The Kier molecular flexibility index (Phi) is 5.17. The number of carbonyl (C=O) groups is 1. The molecule has 1 fully saturated rings. The van der Waals surface area contributed by atoms with Crippen LogP contribution < -0.4 is 0 Å². The van der Waals surface area contributed by atoms with E-state index in [0.717, 1.165) is 38.3 Å².